The van der Waals surface area contributed by atoms with Gasteiger partial charge in [0.15, 0.2) is 0 Å². The van der Waals surface area contributed by atoms with Crippen LogP contribution in [-0.4, -0.2) is 50.4 Å². The minimum Gasteiger partial charge on any atom is -0.508 e. The zero-order valence-corrected chi connectivity index (χ0v) is 11.5. The summed E-state index contributed by atoms with van der Waals surface area (Å²) in [6, 6.07) is 4.14. The van der Waals surface area contributed by atoms with Gasteiger partial charge < -0.3 is 31.9 Å². The lowest BCUT2D eigenvalue weighted by atomic mass is 10.1. The van der Waals surface area contributed by atoms with Crippen molar-refractivity contribution in [2.24, 2.45) is 11.5 Å². The summed E-state index contributed by atoms with van der Waals surface area (Å²) in [5.74, 6) is -3.36. The van der Waals surface area contributed by atoms with Crippen molar-refractivity contribution >= 4 is 17.9 Å². The first-order chi connectivity index (χ1) is 10.1. The maximum atomic E-state index is 10.4. The average Bonchev–Trinajstić information content (AvgIpc) is 2.41. The summed E-state index contributed by atoms with van der Waals surface area (Å²) in [5.41, 5.74) is 11.0. The zero-order chi connectivity index (χ0) is 17.3. The molecule has 0 aliphatic rings. The Hall–Kier alpha value is -2.65. The SMILES string of the molecule is NC(CC(=O)O)C(=O)O.NC(Cc1ccc(O)cc1)C(=O)O. The number of rotatable bonds is 6. The predicted octanol–water partition coefficient (Wildman–Crippen LogP) is -0.780. The van der Waals surface area contributed by atoms with Gasteiger partial charge in [0, 0.05) is 0 Å². The second-order valence-corrected chi connectivity index (χ2v) is 4.36. The Balaban J connectivity index is 0.000000433. The van der Waals surface area contributed by atoms with E-state index in [4.69, 9.17) is 31.9 Å². The zero-order valence-electron chi connectivity index (χ0n) is 11.5. The number of aliphatic carboxylic acids is 3. The molecule has 0 saturated heterocycles. The van der Waals surface area contributed by atoms with Crippen LogP contribution < -0.4 is 11.5 Å². The molecule has 2 atom stereocenters. The molecule has 0 bridgehead atoms. The number of hydrogen-bond acceptors (Lipinski definition) is 6. The van der Waals surface area contributed by atoms with Gasteiger partial charge in [-0.25, -0.2) is 0 Å². The fourth-order valence-electron chi connectivity index (χ4n) is 1.25. The van der Waals surface area contributed by atoms with Gasteiger partial charge in [0.2, 0.25) is 0 Å². The minimum absolute atomic E-state index is 0.160. The third kappa shape index (κ3) is 8.51. The molecule has 1 rings (SSSR count). The number of carbonyl (C=O) groups is 3. The predicted molar refractivity (Wildman–Crippen MR) is 75.3 cm³/mol. The molecule has 0 aromatic heterocycles. The van der Waals surface area contributed by atoms with Crippen LogP contribution in [0.15, 0.2) is 24.3 Å². The lowest BCUT2D eigenvalue weighted by Crippen LogP contribution is -2.32. The second-order valence-electron chi connectivity index (χ2n) is 4.36. The lowest BCUT2D eigenvalue weighted by molar-refractivity contribution is -0.144. The number of carboxylic acid groups (broad SMARTS) is 3. The van der Waals surface area contributed by atoms with E-state index >= 15 is 0 Å². The Morgan fingerprint density at radius 1 is 0.909 bits per heavy atom. The second kappa shape index (κ2) is 9.32. The summed E-state index contributed by atoms with van der Waals surface area (Å²) in [6.45, 7) is 0. The molecule has 1 aromatic carbocycles. The van der Waals surface area contributed by atoms with Crippen LogP contribution in [-0.2, 0) is 20.8 Å². The lowest BCUT2D eigenvalue weighted by Gasteiger charge is -2.05. The molecule has 9 nitrogen and oxygen atoms in total. The Labute approximate surface area is 125 Å². The van der Waals surface area contributed by atoms with Crippen molar-refractivity contribution in [3.63, 3.8) is 0 Å². The monoisotopic (exact) mass is 314 g/mol. The Bertz CT molecular complexity index is 516. The van der Waals surface area contributed by atoms with Gasteiger partial charge in [0.05, 0.1) is 6.42 Å². The number of hydrogen-bond donors (Lipinski definition) is 6. The van der Waals surface area contributed by atoms with E-state index in [1.54, 1.807) is 12.1 Å². The van der Waals surface area contributed by atoms with Crippen LogP contribution in [0.3, 0.4) is 0 Å². The van der Waals surface area contributed by atoms with Crippen LogP contribution in [0.1, 0.15) is 12.0 Å². The van der Waals surface area contributed by atoms with Crippen molar-refractivity contribution in [3.8, 4) is 5.75 Å². The molecule has 1 aromatic rings. The number of nitrogens with two attached hydrogens (primary N) is 2. The maximum Gasteiger partial charge on any atom is 0.321 e. The van der Waals surface area contributed by atoms with Gasteiger partial charge in [-0.1, -0.05) is 12.1 Å². The highest BCUT2D eigenvalue weighted by molar-refractivity contribution is 5.80. The number of phenols is 1. The van der Waals surface area contributed by atoms with Crippen LogP contribution in [0.25, 0.3) is 0 Å². The van der Waals surface area contributed by atoms with Gasteiger partial charge in [0.25, 0.3) is 0 Å². The summed E-state index contributed by atoms with van der Waals surface area (Å²) in [4.78, 5) is 30.0. The molecule has 22 heavy (non-hydrogen) atoms. The minimum atomic E-state index is -1.29. The van der Waals surface area contributed by atoms with Crippen LogP contribution >= 0.6 is 0 Å². The Morgan fingerprint density at radius 3 is 1.68 bits per heavy atom. The largest absolute Gasteiger partial charge is 0.508 e. The first-order valence-corrected chi connectivity index (χ1v) is 6.10. The highest BCUT2D eigenvalue weighted by Crippen LogP contribution is 2.10. The fourth-order valence-corrected chi connectivity index (χ4v) is 1.25. The summed E-state index contributed by atoms with van der Waals surface area (Å²) < 4.78 is 0. The van der Waals surface area contributed by atoms with Gasteiger partial charge in [-0.15, -0.1) is 0 Å². The number of carboxylic acids is 3. The molecule has 0 aliphatic heterocycles. The summed E-state index contributed by atoms with van der Waals surface area (Å²) in [5, 5.41) is 33.5. The smallest absolute Gasteiger partial charge is 0.321 e. The molecule has 122 valence electrons. The first-order valence-electron chi connectivity index (χ1n) is 6.10. The molecule has 0 amide bonds. The van der Waals surface area contributed by atoms with E-state index in [9.17, 15) is 14.4 Å². The highest BCUT2D eigenvalue weighted by Gasteiger charge is 2.14. The summed E-state index contributed by atoms with van der Waals surface area (Å²) >= 11 is 0. The van der Waals surface area contributed by atoms with Crippen molar-refractivity contribution in [1.82, 2.24) is 0 Å². The summed E-state index contributed by atoms with van der Waals surface area (Å²) in [6.07, 6.45) is -0.259. The third-order valence-electron chi connectivity index (χ3n) is 2.42. The molecule has 0 radical (unpaired) electrons. The van der Waals surface area contributed by atoms with Gasteiger partial charge in [0.1, 0.15) is 17.8 Å². The molecule has 8 N–H and O–H groups in total. The molecule has 0 saturated carbocycles. The Morgan fingerprint density at radius 2 is 1.36 bits per heavy atom. The van der Waals surface area contributed by atoms with Gasteiger partial charge in [-0.05, 0) is 24.1 Å². The molecule has 0 spiro atoms. The number of phenolic OH excluding ortho intramolecular Hbond substituents is 1. The van der Waals surface area contributed by atoms with Crippen LogP contribution in [0.2, 0.25) is 0 Å². The Kier molecular flexibility index (Phi) is 8.19. The normalized spacial score (nSPS) is 12.5. The van der Waals surface area contributed by atoms with E-state index in [0.29, 0.717) is 0 Å². The van der Waals surface area contributed by atoms with Crippen LogP contribution in [0.4, 0.5) is 0 Å². The standard InChI is InChI=1S/C9H11NO3.C4H7NO4/c10-8(9(12)13)5-6-1-3-7(11)4-2-6;5-2(4(8)9)1-3(6)7/h1-4,8,11H,5,10H2,(H,12,13);2H,1,5H2,(H,6,7)(H,8,9). The molecule has 2 unspecified atom stereocenters. The van der Waals surface area contributed by atoms with Crippen molar-refractivity contribution in [3.05, 3.63) is 29.8 Å². The molecular formula is C13H18N2O7. The maximum absolute atomic E-state index is 10.4. The average molecular weight is 314 g/mol. The molecular weight excluding hydrogens is 296 g/mol. The van der Waals surface area contributed by atoms with E-state index in [1.807, 2.05) is 0 Å². The van der Waals surface area contributed by atoms with E-state index in [1.165, 1.54) is 12.1 Å². The van der Waals surface area contributed by atoms with Gasteiger partial charge >= 0.3 is 17.9 Å². The third-order valence-corrected chi connectivity index (χ3v) is 2.42. The van der Waals surface area contributed by atoms with Crippen LogP contribution in [0, 0.1) is 0 Å². The fraction of sp³-hybridized carbons (Fsp3) is 0.308. The molecule has 0 heterocycles. The molecule has 9 heteroatoms. The van der Waals surface area contributed by atoms with Crippen LogP contribution in [0.5, 0.6) is 5.75 Å². The van der Waals surface area contributed by atoms with Crippen molar-refractivity contribution in [2.75, 3.05) is 0 Å². The van der Waals surface area contributed by atoms with E-state index in [2.05, 4.69) is 0 Å². The van der Waals surface area contributed by atoms with E-state index < -0.39 is 36.4 Å². The first kappa shape index (κ1) is 19.4. The van der Waals surface area contributed by atoms with Gasteiger partial charge in [-0.2, -0.15) is 0 Å². The quantitative estimate of drug-likeness (QED) is 0.392. The van der Waals surface area contributed by atoms with Crippen molar-refractivity contribution in [2.45, 2.75) is 24.9 Å². The highest BCUT2D eigenvalue weighted by atomic mass is 16.4. The van der Waals surface area contributed by atoms with Gasteiger partial charge in [-0.3, -0.25) is 14.4 Å². The summed E-state index contributed by atoms with van der Waals surface area (Å²) in [7, 11) is 0. The van der Waals surface area contributed by atoms with E-state index in [0.717, 1.165) is 5.56 Å². The molecule has 0 aliphatic carbocycles. The van der Waals surface area contributed by atoms with Crippen molar-refractivity contribution < 1.29 is 34.8 Å². The number of benzene rings is 1. The van der Waals surface area contributed by atoms with Crippen molar-refractivity contribution in [1.29, 1.82) is 0 Å². The van der Waals surface area contributed by atoms with E-state index in [-0.39, 0.29) is 12.2 Å². The molecule has 0 fully saturated rings. The topological polar surface area (TPSA) is 184 Å². The number of aromatic hydroxyl groups is 1.